The van der Waals surface area contributed by atoms with Crippen LogP contribution in [-0.2, 0) is 6.54 Å². The van der Waals surface area contributed by atoms with Crippen molar-refractivity contribution in [3.05, 3.63) is 47.5 Å². The maximum atomic E-state index is 13.9. The molecule has 0 aliphatic rings. The number of pyridine rings is 1. The number of rotatable bonds is 5. The van der Waals surface area contributed by atoms with Crippen molar-refractivity contribution in [3.8, 4) is 11.6 Å². The number of aryl methyl sites for hydroxylation is 1. The lowest BCUT2D eigenvalue weighted by atomic mass is 10.2. The molecule has 0 bridgehead atoms. The van der Waals surface area contributed by atoms with Crippen molar-refractivity contribution in [1.29, 1.82) is 0 Å². The van der Waals surface area contributed by atoms with Crippen molar-refractivity contribution in [3.63, 3.8) is 0 Å². The molecule has 3 rings (SSSR count). The van der Waals surface area contributed by atoms with Gasteiger partial charge in [-0.1, -0.05) is 23.7 Å². The summed E-state index contributed by atoms with van der Waals surface area (Å²) in [6.07, 6.45) is -2.51. The van der Waals surface area contributed by atoms with E-state index in [-0.39, 0.29) is 29.6 Å². The quantitative estimate of drug-likeness (QED) is 0.565. The SMILES string of the molecule is Fc1cc(Cl)cnc1Oc1cccc2cnn(CCCC(F)(F)F)c12. The zero-order valence-electron chi connectivity index (χ0n) is 12.7. The Labute approximate surface area is 145 Å². The Hall–Kier alpha value is -2.35. The summed E-state index contributed by atoms with van der Waals surface area (Å²) >= 11 is 5.65. The third kappa shape index (κ3) is 4.19. The largest absolute Gasteiger partial charge is 0.434 e. The lowest BCUT2D eigenvalue weighted by Gasteiger charge is -2.10. The van der Waals surface area contributed by atoms with E-state index in [4.69, 9.17) is 16.3 Å². The van der Waals surface area contributed by atoms with Crippen molar-refractivity contribution in [2.24, 2.45) is 0 Å². The fourth-order valence-corrected chi connectivity index (χ4v) is 2.52. The summed E-state index contributed by atoms with van der Waals surface area (Å²) < 4.78 is 57.8. The molecule has 1 aromatic carbocycles. The Bertz CT molecular complexity index is 895. The van der Waals surface area contributed by atoms with E-state index in [1.54, 1.807) is 18.2 Å². The number of nitrogens with zero attached hydrogens (tertiary/aromatic N) is 3. The summed E-state index contributed by atoms with van der Waals surface area (Å²) in [5, 5.41) is 4.88. The highest BCUT2D eigenvalue weighted by atomic mass is 35.5. The molecule has 2 heterocycles. The van der Waals surface area contributed by atoms with Gasteiger partial charge < -0.3 is 4.74 Å². The van der Waals surface area contributed by atoms with Gasteiger partial charge in [0, 0.05) is 24.5 Å². The van der Waals surface area contributed by atoms with E-state index < -0.39 is 18.4 Å². The third-order valence-corrected chi connectivity index (χ3v) is 3.64. The van der Waals surface area contributed by atoms with Gasteiger partial charge in [-0.05, 0) is 18.6 Å². The van der Waals surface area contributed by atoms with E-state index in [1.807, 2.05) is 0 Å². The number of hydrogen-bond donors (Lipinski definition) is 0. The molecule has 0 atom stereocenters. The number of hydrogen-bond acceptors (Lipinski definition) is 3. The maximum Gasteiger partial charge on any atom is 0.389 e. The van der Waals surface area contributed by atoms with Crippen LogP contribution in [0.2, 0.25) is 5.02 Å². The van der Waals surface area contributed by atoms with Crippen molar-refractivity contribution < 1.29 is 22.3 Å². The minimum atomic E-state index is -4.22. The van der Waals surface area contributed by atoms with Crippen molar-refractivity contribution in [2.45, 2.75) is 25.6 Å². The van der Waals surface area contributed by atoms with Gasteiger partial charge in [0.1, 0.15) is 5.52 Å². The number of halogens is 5. The predicted octanol–water partition coefficient (Wildman–Crippen LogP) is 5.36. The molecule has 0 unspecified atom stereocenters. The number of fused-ring (bicyclic) bond motifs is 1. The van der Waals surface area contributed by atoms with Crippen LogP contribution >= 0.6 is 11.6 Å². The molecule has 0 radical (unpaired) electrons. The van der Waals surface area contributed by atoms with Crippen LogP contribution in [0.4, 0.5) is 17.6 Å². The van der Waals surface area contributed by atoms with Crippen LogP contribution in [0.15, 0.2) is 36.7 Å². The van der Waals surface area contributed by atoms with Crippen LogP contribution in [0, 0.1) is 5.82 Å². The third-order valence-electron chi connectivity index (χ3n) is 3.44. The molecule has 0 spiro atoms. The van der Waals surface area contributed by atoms with E-state index >= 15 is 0 Å². The number of alkyl halides is 3. The summed E-state index contributed by atoms with van der Waals surface area (Å²) in [7, 11) is 0. The standard InChI is InChI=1S/C16H12ClF4N3O/c17-11-7-12(18)15(22-9-11)25-13-4-1-3-10-8-23-24(14(10)13)6-2-5-16(19,20)21/h1,3-4,7-9H,2,5-6H2. The van der Waals surface area contributed by atoms with Gasteiger partial charge in [0.2, 0.25) is 0 Å². The molecule has 0 aliphatic heterocycles. The first-order chi connectivity index (χ1) is 11.8. The minimum absolute atomic E-state index is 0.0555. The highest BCUT2D eigenvalue weighted by molar-refractivity contribution is 6.30. The molecule has 0 saturated heterocycles. The van der Waals surface area contributed by atoms with Crippen LogP contribution in [0.25, 0.3) is 10.9 Å². The Balaban J connectivity index is 1.89. The average molecular weight is 374 g/mol. The summed E-state index contributed by atoms with van der Waals surface area (Å²) in [4.78, 5) is 3.78. The molecule has 9 heteroatoms. The summed E-state index contributed by atoms with van der Waals surface area (Å²) in [6, 6.07) is 6.04. The summed E-state index contributed by atoms with van der Waals surface area (Å²) in [5.41, 5.74) is 0.473. The highest BCUT2D eigenvalue weighted by Gasteiger charge is 2.26. The molecule has 0 fully saturated rings. The van der Waals surface area contributed by atoms with Crippen LogP contribution in [0.5, 0.6) is 11.6 Å². The Morgan fingerprint density at radius 2 is 2.00 bits per heavy atom. The molecule has 2 aromatic heterocycles. The second kappa shape index (κ2) is 6.87. The van der Waals surface area contributed by atoms with Crippen LogP contribution < -0.4 is 4.74 Å². The van der Waals surface area contributed by atoms with Crippen molar-refractivity contribution in [2.75, 3.05) is 0 Å². The van der Waals surface area contributed by atoms with Crippen LogP contribution in [-0.4, -0.2) is 20.9 Å². The van der Waals surface area contributed by atoms with Gasteiger partial charge in [-0.2, -0.15) is 18.3 Å². The van der Waals surface area contributed by atoms with Crippen LogP contribution in [0.3, 0.4) is 0 Å². The molecule has 4 nitrogen and oxygen atoms in total. The molecular formula is C16H12ClF4N3O. The Kier molecular flexibility index (Phi) is 4.80. The number of para-hydroxylation sites is 1. The van der Waals surface area contributed by atoms with Gasteiger partial charge in [-0.25, -0.2) is 9.37 Å². The smallest absolute Gasteiger partial charge is 0.389 e. The normalized spacial score (nSPS) is 11.9. The lowest BCUT2D eigenvalue weighted by Crippen LogP contribution is -2.10. The summed E-state index contributed by atoms with van der Waals surface area (Å²) in [5.74, 6) is -0.775. The van der Waals surface area contributed by atoms with Gasteiger partial charge in [-0.15, -0.1) is 0 Å². The molecule has 0 amide bonds. The summed E-state index contributed by atoms with van der Waals surface area (Å²) in [6.45, 7) is 0.0555. The fraction of sp³-hybridized carbons (Fsp3) is 0.250. The fourth-order valence-electron chi connectivity index (χ4n) is 2.37. The van der Waals surface area contributed by atoms with Gasteiger partial charge in [-0.3, -0.25) is 4.68 Å². The van der Waals surface area contributed by atoms with E-state index in [0.29, 0.717) is 10.9 Å². The minimum Gasteiger partial charge on any atom is -0.434 e. The number of benzene rings is 1. The van der Waals surface area contributed by atoms with Gasteiger partial charge in [0.15, 0.2) is 11.6 Å². The monoisotopic (exact) mass is 373 g/mol. The zero-order chi connectivity index (χ0) is 18.0. The first-order valence-electron chi connectivity index (χ1n) is 7.34. The molecule has 0 N–H and O–H groups in total. The molecule has 0 aliphatic carbocycles. The van der Waals surface area contributed by atoms with Crippen molar-refractivity contribution >= 4 is 22.5 Å². The first-order valence-corrected chi connectivity index (χ1v) is 7.71. The zero-order valence-corrected chi connectivity index (χ0v) is 13.5. The molecule has 25 heavy (non-hydrogen) atoms. The van der Waals surface area contributed by atoms with E-state index in [1.165, 1.54) is 17.1 Å². The highest BCUT2D eigenvalue weighted by Crippen LogP contribution is 2.31. The molecular weight excluding hydrogens is 362 g/mol. The predicted molar refractivity (Wildman–Crippen MR) is 84.3 cm³/mol. The topological polar surface area (TPSA) is 39.9 Å². The second-order valence-electron chi connectivity index (χ2n) is 5.32. The van der Waals surface area contributed by atoms with E-state index in [0.717, 1.165) is 6.07 Å². The van der Waals surface area contributed by atoms with E-state index in [2.05, 4.69) is 10.1 Å². The van der Waals surface area contributed by atoms with Crippen molar-refractivity contribution in [1.82, 2.24) is 14.8 Å². The van der Waals surface area contributed by atoms with Crippen LogP contribution in [0.1, 0.15) is 12.8 Å². The van der Waals surface area contributed by atoms with E-state index in [9.17, 15) is 17.6 Å². The Morgan fingerprint density at radius 1 is 1.20 bits per heavy atom. The van der Waals surface area contributed by atoms with Gasteiger partial charge in [0.25, 0.3) is 5.88 Å². The molecule has 132 valence electrons. The van der Waals surface area contributed by atoms with Gasteiger partial charge >= 0.3 is 6.18 Å². The lowest BCUT2D eigenvalue weighted by molar-refractivity contribution is -0.135. The van der Waals surface area contributed by atoms with Gasteiger partial charge in [0.05, 0.1) is 11.2 Å². The molecule has 0 saturated carbocycles. The Morgan fingerprint density at radius 3 is 2.72 bits per heavy atom. The maximum absolute atomic E-state index is 13.9. The molecule has 3 aromatic rings. The number of ether oxygens (including phenoxy) is 1. The average Bonchev–Trinajstić information content (AvgIpc) is 2.93. The number of aromatic nitrogens is 3. The second-order valence-corrected chi connectivity index (χ2v) is 5.76. The first kappa shape index (κ1) is 17.5.